The van der Waals surface area contributed by atoms with Crippen molar-refractivity contribution in [2.45, 2.75) is 27.7 Å². The number of nitrogens with zero attached hydrogens (tertiary/aromatic N) is 1. The van der Waals surface area contributed by atoms with Gasteiger partial charge in [-0.05, 0) is 38.8 Å². The third-order valence-corrected chi connectivity index (χ3v) is 3.22. The monoisotopic (exact) mass is 316 g/mol. The van der Waals surface area contributed by atoms with Crippen molar-refractivity contribution in [1.29, 1.82) is 0 Å². The van der Waals surface area contributed by atoms with Crippen molar-refractivity contribution < 1.29 is 14.1 Å². The molecule has 1 aromatic heterocycles. The summed E-state index contributed by atoms with van der Waals surface area (Å²) in [5, 5.41) is 11.4. The SMILES string of the molecule is Cc1cc(C)c(NC(=O)CNC(=O)Nc2cc(C)on2)c(C)c1. The van der Waals surface area contributed by atoms with E-state index in [4.69, 9.17) is 4.52 Å². The molecule has 3 N–H and O–H groups in total. The molecule has 0 atom stereocenters. The lowest BCUT2D eigenvalue weighted by Crippen LogP contribution is -2.36. The number of aromatic nitrogens is 1. The van der Waals surface area contributed by atoms with Crippen LogP contribution in [0.5, 0.6) is 0 Å². The molecule has 0 aliphatic carbocycles. The first-order chi connectivity index (χ1) is 10.8. The number of amides is 3. The second-order valence-electron chi connectivity index (χ2n) is 5.45. The van der Waals surface area contributed by atoms with Crippen molar-refractivity contribution in [2.75, 3.05) is 17.2 Å². The van der Waals surface area contributed by atoms with Crippen LogP contribution in [-0.2, 0) is 4.79 Å². The first-order valence-electron chi connectivity index (χ1n) is 7.21. The van der Waals surface area contributed by atoms with E-state index in [1.165, 1.54) is 0 Å². The number of hydrogen-bond acceptors (Lipinski definition) is 4. The summed E-state index contributed by atoms with van der Waals surface area (Å²) < 4.78 is 4.83. The molecule has 0 radical (unpaired) electrons. The standard InChI is InChI=1S/C16H20N4O3/c1-9-5-10(2)15(11(3)6-9)19-14(21)8-17-16(22)18-13-7-12(4)23-20-13/h5-7H,8H2,1-4H3,(H,19,21)(H2,17,18,20,22). The highest BCUT2D eigenvalue weighted by atomic mass is 16.5. The van der Waals surface area contributed by atoms with Gasteiger partial charge in [0.05, 0.1) is 6.54 Å². The number of rotatable bonds is 4. The summed E-state index contributed by atoms with van der Waals surface area (Å²) in [5.74, 6) is 0.584. The quantitative estimate of drug-likeness (QED) is 0.808. The third kappa shape index (κ3) is 4.57. The van der Waals surface area contributed by atoms with Gasteiger partial charge in [-0.1, -0.05) is 22.9 Å². The molecule has 2 rings (SSSR count). The molecule has 0 saturated heterocycles. The Labute approximate surface area is 134 Å². The Morgan fingerprint density at radius 1 is 1.04 bits per heavy atom. The van der Waals surface area contributed by atoms with E-state index in [1.807, 2.05) is 32.9 Å². The Balaban J connectivity index is 1.87. The molecular weight excluding hydrogens is 296 g/mol. The maximum absolute atomic E-state index is 12.0. The van der Waals surface area contributed by atoms with Gasteiger partial charge in [-0.25, -0.2) is 4.79 Å². The minimum atomic E-state index is -0.522. The summed E-state index contributed by atoms with van der Waals surface area (Å²) >= 11 is 0. The van der Waals surface area contributed by atoms with Gasteiger partial charge in [0.25, 0.3) is 0 Å². The van der Waals surface area contributed by atoms with Gasteiger partial charge in [0, 0.05) is 11.8 Å². The van der Waals surface area contributed by atoms with E-state index in [2.05, 4.69) is 21.1 Å². The number of carbonyl (C=O) groups is 2. The average Bonchev–Trinajstić information content (AvgIpc) is 2.85. The molecule has 3 amide bonds. The van der Waals surface area contributed by atoms with Crippen molar-refractivity contribution in [2.24, 2.45) is 0 Å². The molecule has 7 nitrogen and oxygen atoms in total. The Morgan fingerprint density at radius 2 is 1.70 bits per heavy atom. The minimum absolute atomic E-state index is 0.143. The lowest BCUT2D eigenvalue weighted by atomic mass is 10.1. The van der Waals surface area contributed by atoms with E-state index in [9.17, 15) is 9.59 Å². The fourth-order valence-corrected chi connectivity index (χ4v) is 2.31. The van der Waals surface area contributed by atoms with Crippen LogP contribution in [0.25, 0.3) is 0 Å². The number of anilines is 2. The highest BCUT2D eigenvalue weighted by molar-refractivity contribution is 5.97. The summed E-state index contributed by atoms with van der Waals surface area (Å²) in [5.41, 5.74) is 3.88. The van der Waals surface area contributed by atoms with Crippen molar-refractivity contribution in [3.63, 3.8) is 0 Å². The van der Waals surface area contributed by atoms with Crippen molar-refractivity contribution in [3.05, 3.63) is 40.6 Å². The minimum Gasteiger partial charge on any atom is -0.360 e. The zero-order valence-corrected chi connectivity index (χ0v) is 13.6. The molecule has 23 heavy (non-hydrogen) atoms. The Kier molecular flexibility index (Phi) is 5.00. The van der Waals surface area contributed by atoms with E-state index in [-0.39, 0.29) is 12.5 Å². The van der Waals surface area contributed by atoms with Crippen LogP contribution in [-0.4, -0.2) is 23.6 Å². The average molecular weight is 316 g/mol. The molecule has 0 bridgehead atoms. The summed E-state index contributed by atoms with van der Waals surface area (Å²) in [4.78, 5) is 23.6. The lowest BCUT2D eigenvalue weighted by molar-refractivity contribution is -0.115. The molecule has 0 aliphatic rings. The number of nitrogens with one attached hydrogen (secondary N) is 3. The highest BCUT2D eigenvalue weighted by Gasteiger charge is 2.10. The smallest absolute Gasteiger partial charge is 0.320 e. The van der Waals surface area contributed by atoms with Gasteiger partial charge >= 0.3 is 6.03 Å². The lowest BCUT2D eigenvalue weighted by Gasteiger charge is -2.13. The summed E-state index contributed by atoms with van der Waals surface area (Å²) in [7, 11) is 0. The predicted octanol–water partition coefficient (Wildman–Crippen LogP) is 2.67. The van der Waals surface area contributed by atoms with E-state index in [0.717, 1.165) is 22.4 Å². The van der Waals surface area contributed by atoms with Gasteiger partial charge < -0.3 is 15.2 Å². The van der Waals surface area contributed by atoms with Crippen LogP contribution >= 0.6 is 0 Å². The summed E-state index contributed by atoms with van der Waals surface area (Å²) in [6.45, 7) is 7.44. The Morgan fingerprint density at radius 3 is 2.26 bits per heavy atom. The van der Waals surface area contributed by atoms with Crippen molar-refractivity contribution in [1.82, 2.24) is 10.5 Å². The van der Waals surface area contributed by atoms with Gasteiger partial charge in [-0.2, -0.15) is 0 Å². The number of benzene rings is 1. The van der Waals surface area contributed by atoms with Crippen LogP contribution in [0, 0.1) is 27.7 Å². The Hall–Kier alpha value is -2.83. The van der Waals surface area contributed by atoms with E-state index < -0.39 is 6.03 Å². The molecular formula is C16H20N4O3. The molecule has 0 aliphatic heterocycles. The van der Waals surface area contributed by atoms with E-state index in [1.54, 1.807) is 13.0 Å². The normalized spacial score (nSPS) is 10.3. The predicted molar refractivity (Wildman–Crippen MR) is 87.5 cm³/mol. The van der Waals surface area contributed by atoms with Crippen LogP contribution in [0.3, 0.4) is 0 Å². The Bertz CT molecular complexity index is 714. The molecule has 2 aromatic rings. The van der Waals surface area contributed by atoms with Crippen molar-refractivity contribution in [3.8, 4) is 0 Å². The number of carbonyl (C=O) groups excluding carboxylic acids is 2. The molecule has 0 fully saturated rings. The zero-order chi connectivity index (χ0) is 17.0. The molecule has 122 valence electrons. The molecule has 1 aromatic carbocycles. The first-order valence-corrected chi connectivity index (χ1v) is 7.21. The largest absolute Gasteiger partial charge is 0.360 e. The number of hydrogen-bond donors (Lipinski definition) is 3. The van der Waals surface area contributed by atoms with Crippen LogP contribution in [0.15, 0.2) is 22.7 Å². The second kappa shape index (κ2) is 6.95. The van der Waals surface area contributed by atoms with Crippen LogP contribution in [0.2, 0.25) is 0 Å². The first kappa shape index (κ1) is 16.5. The van der Waals surface area contributed by atoms with Gasteiger partial charge in [-0.15, -0.1) is 0 Å². The molecule has 0 spiro atoms. The molecule has 1 heterocycles. The zero-order valence-electron chi connectivity index (χ0n) is 13.6. The van der Waals surface area contributed by atoms with Gasteiger partial charge in [-0.3, -0.25) is 10.1 Å². The van der Waals surface area contributed by atoms with Gasteiger partial charge in [0.15, 0.2) is 5.82 Å². The van der Waals surface area contributed by atoms with Crippen molar-refractivity contribution >= 4 is 23.4 Å². The van der Waals surface area contributed by atoms with Crippen LogP contribution in [0.1, 0.15) is 22.5 Å². The molecule has 7 heteroatoms. The van der Waals surface area contributed by atoms with Crippen LogP contribution < -0.4 is 16.0 Å². The highest BCUT2D eigenvalue weighted by Crippen LogP contribution is 2.21. The summed E-state index contributed by atoms with van der Waals surface area (Å²) in [6, 6.07) is 5.05. The fraction of sp³-hybridized carbons (Fsp3) is 0.312. The third-order valence-electron chi connectivity index (χ3n) is 3.22. The topological polar surface area (TPSA) is 96.3 Å². The number of aryl methyl sites for hydroxylation is 4. The molecule has 0 unspecified atom stereocenters. The maximum Gasteiger partial charge on any atom is 0.320 e. The second-order valence-corrected chi connectivity index (χ2v) is 5.45. The maximum atomic E-state index is 12.0. The fourth-order valence-electron chi connectivity index (χ4n) is 2.31. The van der Waals surface area contributed by atoms with E-state index >= 15 is 0 Å². The van der Waals surface area contributed by atoms with Gasteiger partial charge in [0.2, 0.25) is 5.91 Å². The molecule has 0 saturated carbocycles. The number of urea groups is 1. The van der Waals surface area contributed by atoms with E-state index in [0.29, 0.717) is 11.6 Å². The van der Waals surface area contributed by atoms with Crippen LogP contribution in [0.4, 0.5) is 16.3 Å². The van der Waals surface area contributed by atoms with Gasteiger partial charge in [0.1, 0.15) is 5.76 Å². The summed E-state index contributed by atoms with van der Waals surface area (Å²) in [6.07, 6.45) is 0.